The molecule has 6 nitrogen and oxygen atoms in total. The number of nitrogens with one attached hydrogen (secondary N) is 1. The van der Waals surface area contributed by atoms with Gasteiger partial charge in [-0.05, 0) is 11.8 Å². The van der Waals surface area contributed by atoms with Crippen molar-refractivity contribution in [2.45, 2.75) is 16.7 Å². The topological polar surface area (TPSA) is 72.8 Å². The van der Waals surface area contributed by atoms with Gasteiger partial charge in [0.2, 0.25) is 0 Å². The minimum atomic E-state index is 0.379. The zero-order valence-corrected chi connectivity index (χ0v) is 10.9. The van der Waals surface area contributed by atoms with E-state index in [9.17, 15) is 0 Å². The highest BCUT2D eigenvalue weighted by Crippen LogP contribution is 2.24. The molecule has 0 amide bonds. The highest BCUT2D eigenvalue weighted by Gasteiger charge is 2.06. The Morgan fingerprint density at radius 1 is 1.28 bits per heavy atom. The number of hydrogen-bond donors (Lipinski definition) is 1. The lowest BCUT2D eigenvalue weighted by Gasteiger charge is -2.06. The summed E-state index contributed by atoms with van der Waals surface area (Å²) in [5, 5.41) is 4.60. The summed E-state index contributed by atoms with van der Waals surface area (Å²) in [4.78, 5) is 16.9. The number of ether oxygens (including phenoxy) is 1. The highest BCUT2D eigenvalue weighted by atomic mass is 32.2. The fraction of sp³-hybridized carbons (Fsp3) is 0.273. The van der Waals surface area contributed by atoms with Gasteiger partial charge in [-0.25, -0.2) is 15.0 Å². The van der Waals surface area contributed by atoms with Crippen molar-refractivity contribution in [2.24, 2.45) is 0 Å². The second kappa shape index (κ2) is 6.27. The molecule has 2 heterocycles. The maximum Gasteiger partial charge on any atom is 0.157 e. The van der Waals surface area contributed by atoms with Gasteiger partial charge < -0.3 is 10.1 Å². The van der Waals surface area contributed by atoms with E-state index in [-0.39, 0.29) is 0 Å². The fourth-order valence-electron chi connectivity index (χ4n) is 1.29. The summed E-state index contributed by atoms with van der Waals surface area (Å²) >= 11 is 1.44. The van der Waals surface area contributed by atoms with Gasteiger partial charge in [-0.3, -0.25) is 4.98 Å². The number of methoxy groups -OCH3 is 1. The first-order valence-corrected chi connectivity index (χ1v) is 6.12. The quantitative estimate of drug-likeness (QED) is 0.821. The summed E-state index contributed by atoms with van der Waals surface area (Å²) in [6.07, 6.45) is 4.99. The Balaban J connectivity index is 2.24. The van der Waals surface area contributed by atoms with Crippen molar-refractivity contribution in [3.05, 3.63) is 30.5 Å². The molecule has 7 heteroatoms. The molecule has 0 aromatic carbocycles. The first kappa shape index (κ1) is 12.7. The van der Waals surface area contributed by atoms with Crippen LogP contribution in [0.25, 0.3) is 0 Å². The Morgan fingerprint density at radius 3 is 2.83 bits per heavy atom. The predicted octanol–water partition coefficient (Wildman–Crippen LogP) is 1.61. The summed E-state index contributed by atoms with van der Waals surface area (Å²) in [5.74, 6) is 1.39. The largest absolute Gasteiger partial charge is 0.377 e. The molecule has 0 aliphatic heterocycles. The van der Waals surface area contributed by atoms with Gasteiger partial charge in [-0.15, -0.1) is 0 Å². The third kappa shape index (κ3) is 3.38. The van der Waals surface area contributed by atoms with Crippen LogP contribution in [0.15, 0.2) is 34.7 Å². The van der Waals surface area contributed by atoms with Crippen LogP contribution in [0, 0.1) is 0 Å². The van der Waals surface area contributed by atoms with Crippen LogP contribution in [0.4, 0.5) is 5.82 Å². The number of rotatable bonds is 5. The van der Waals surface area contributed by atoms with Gasteiger partial charge in [0.05, 0.1) is 6.20 Å². The van der Waals surface area contributed by atoms with Crippen LogP contribution in [0.1, 0.15) is 5.82 Å². The van der Waals surface area contributed by atoms with Gasteiger partial charge in [0.1, 0.15) is 22.5 Å². The van der Waals surface area contributed by atoms with Crippen molar-refractivity contribution >= 4 is 17.6 Å². The second-order valence-electron chi connectivity index (χ2n) is 3.34. The molecule has 0 unspecified atom stereocenters. The maximum atomic E-state index is 5.04. The molecule has 0 atom stereocenters. The van der Waals surface area contributed by atoms with E-state index in [1.807, 2.05) is 13.1 Å². The van der Waals surface area contributed by atoms with Crippen LogP contribution in [0.5, 0.6) is 0 Å². The summed E-state index contributed by atoms with van der Waals surface area (Å²) in [6, 6.07) is 1.86. The lowest BCUT2D eigenvalue weighted by atomic mass is 10.5. The first-order chi connectivity index (χ1) is 8.81. The van der Waals surface area contributed by atoms with Crippen molar-refractivity contribution in [1.29, 1.82) is 0 Å². The van der Waals surface area contributed by atoms with Gasteiger partial charge in [0, 0.05) is 32.6 Å². The monoisotopic (exact) mass is 263 g/mol. The van der Waals surface area contributed by atoms with Crippen LogP contribution in [0.2, 0.25) is 0 Å². The van der Waals surface area contributed by atoms with Crippen LogP contribution in [-0.4, -0.2) is 34.1 Å². The fourth-order valence-corrected chi connectivity index (χ4v) is 2.05. The molecular weight excluding hydrogens is 250 g/mol. The zero-order chi connectivity index (χ0) is 12.8. The van der Waals surface area contributed by atoms with Crippen molar-refractivity contribution < 1.29 is 4.74 Å². The van der Waals surface area contributed by atoms with E-state index >= 15 is 0 Å². The van der Waals surface area contributed by atoms with Gasteiger partial charge in [-0.1, -0.05) is 0 Å². The molecule has 0 aliphatic carbocycles. The molecule has 0 saturated carbocycles. The number of nitrogens with zero attached hydrogens (tertiary/aromatic N) is 4. The molecule has 2 rings (SSSR count). The molecule has 0 saturated heterocycles. The van der Waals surface area contributed by atoms with E-state index in [1.54, 1.807) is 25.7 Å². The van der Waals surface area contributed by atoms with Crippen LogP contribution in [-0.2, 0) is 11.3 Å². The van der Waals surface area contributed by atoms with E-state index in [2.05, 4.69) is 25.3 Å². The Kier molecular flexibility index (Phi) is 4.43. The standard InChI is InChI=1S/C11H13N5OS/c1-12-8-5-10(16-9(15-8)7-17-2)18-11-6-13-3-4-14-11/h3-6H,7H2,1-2H3,(H,12,15,16). The molecule has 0 fully saturated rings. The summed E-state index contributed by atoms with van der Waals surface area (Å²) < 4.78 is 5.04. The van der Waals surface area contributed by atoms with Crippen molar-refractivity contribution in [1.82, 2.24) is 19.9 Å². The van der Waals surface area contributed by atoms with Crippen molar-refractivity contribution in [3.63, 3.8) is 0 Å². The zero-order valence-electron chi connectivity index (χ0n) is 10.1. The highest BCUT2D eigenvalue weighted by molar-refractivity contribution is 7.99. The third-order valence-electron chi connectivity index (χ3n) is 2.03. The number of anilines is 1. The van der Waals surface area contributed by atoms with E-state index < -0.39 is 0 Å². The van der Waals surface area contributed by atoms with Gasteiger partial charge in [-0.2, -0.15) is 0 Å². The average Bonchev–Trinajstić information content (AvgIpc) is 2.40. The summed E-state index contributed by atoms with van der Waals surface area (Å²) in [7, 11) is 3.43. The molecule has 0 aliphatic rings. The van der Waals surface area contributed by atoms with Crippen molar-refractivity contribution in [3.8, 4) is 0 Å². The molecule has 18 heavy (non-hydrogen) atoms. The van der Waals surface area contributed by atoms with Crippen molar-refractivity contribution in [2.75, 3.05) is 19.5 Å². The SMILES string of the molecule is CNc1cc(Sc2cnccn2)nc(COC)n1. The van der Waals surface area contributed by atoms with E-state index in [4.69, 9.17) is 4.74 Å². The Labute approximate surface area is 109 Å². The molecule has 0 bridgehead atoms. The summed E-state index contributed by atoms with van der Waals surface area (Å²) in [6.45, 7) is 0.379. The summed E-state index contributed by atoms with van der Waals surface area (Å²) in [5.41, 5.74) is 0. The van der Waals surface area contributed by atoms with Crippen LogP contribution >= 0.6 is 11.8 Å². The first-order valence-electron chi connectivity index (χ1n) is 5.30. The number of hydrogen-bond acceptors (Lipinski definition) is 7. The smallest absolute Gasteiger partial charge is 0.157 e. The van der Waals surface area contributed by atoms with E-state index in [0.717, 1.165) is 15.9 Å². The normalized spacial score (nSPS) is 10.3. The van der Waals surface area contributed by atoms with Crippen LogP contribution < -0.4 is 5.32 Å². The van der Waals surface area contributed by atoms with E-state index in [1.165, 1.54) is 11.8 Å². The lowest BCUT2D eigenvalue weighted by molar-refractivity contribution is 0.177. The third-order valence-corrected chi connectivity index (χ3v) is 2.87. The van der Waals surface area contributed by atoms with Gasteiger partial charge >= 0.3 is 0 Å². The molecule has 0 spiro atoms. The van der Waals surface area contributed by atoms with Gasteiger partial charge in [0.25, 0.3) is 0 Å². The second-order valence-corrected chi connectivity index (χ2v) is 4.38. The average molecular weight is 263 g/mol. The molecular formula is C11H13N5OS. The Bertz CT molecular complexity index is 508. The molecule has 0 radical (unpaired) electrons. The minimum Gasteiger partial charge on any atom is -0.377 e. The maximum absolute atomic E-state index is 5.04. The predicted molar refractivity (Wildman–Crippen MR) is 68.4 cm³/mol. The van der Waals surface area contributed by atoms with Gasteiger partial charge in [0.15, 0.2) is 5.82 Å². The van der Waals surface area contributed by atoms with Crippen LogP contribution in [0.3, 0.4) is 0 Å². The molecule has 1 N–H and O–H groups in total. The lowest BCUT2D eigenvalue weighted by Crippen LogP contribution is -2.02. The molecule has 2 aromatic heterocycles. The van der Waals surface area contributed by atoms with E-state index in [0.29, 0.717) is 12.4 Å². The molecule has 94 valence electrons. The molecule has 2 aromatic rings. The Morgan fingerprint density at radius 2 is 2.17 bits per heavy atom. The number of aromatic nitrogens is 4. The minimum absolute atomic E-state index is 0.379. The Hall–Kier alpha value is -1.73.